The van der Waals surface area contributed by atoms with E-state index in [4.69, 9.17) is 6.42 Å². The molecule has 5 nitrogen and oxygen atoms in total. The first-order valence-corrected chi connectivity index (χ1v) is 12.0. The summed E-state index contributed by atoms with van der Waals surface area (Å²) < 4.78 is 9.20. The summed E-state index contributed by atoms with van der Waals surface area (Å²) in [4.78, 5) is 21.0. The van der Waals surface area contributed by atoms with E-state index in [2.05, 4.69) is 34.7 Å². The van der Waals surface area contributed by atoms with Gasteiger partial charge in [0.2, 0.25) is 0 Å². The Morgan fingerprint density at radius 2 is 1.58 bits per heavy atom. The maximum atomic E-state index is 10.6. The minimum Gasteiger partial charge on any atom is -0.463 e. The summed E-state index contributed by atoms with van der Waals surface area (Å²) >= 11 is 0. The molecule has 6 heteroatoms. The quantitative estimate of drug-likeness (QED) is 0.169. The van der Waals surface area contributed by atoms with Gasteiger partial charge in [0, 0.05) is 30.7 Å². The summed E-state index contributed by atoms with van der Waals surface area (Å²) in [5.41, 5.74) is 0.451. The average molecular weight is 496 g/mol. The van der Waals surface area contributed by atoms with Crippen molar-refractivity contribution in [3.05, 3.63) is 18.6 Å². The SMILES string of the molecule is C1CC2C3CCC(C3)C2C1.C=C(C)C(=O)OCC.CCCCNC(=O)OCC.[C-]#CC#C.[V]. The number of amides is 1. The third-order valence-corrected chi connectivity index (χ3v) is 6.12. The normalized spacial score (nSPS) is 22.5. The molecule has 185 valence electrons. The molecule has 3 rings (SSSR count). The van der Waals surface area contributed by atoms with Crippen molar-refractivity contribution in [3.8, 4) is 18.3 Å². The number of unbranched alkanes of at least 4 members (excludes halogenated alkanes) is 1. The maximum absolute atomic E-state index is 10.6. The number of fused-ring (bicyclic) bond motifs is 5. The van der Waals surface area contributed by atoms with Gasteiger partial charge in [0.1, 0.15) is 0 Å². The zero-order valence-electron chi connectivity index (χ0n) is 21.0. The van der Waals surface area contributed by atoms with Crippen LogP contribution in [-0.4, -0.2) is 31.8 Å². The minimum absolute atomic E-state index is 0. The number of terminal acetylenes is 1. The van der Waals surface area contributed by atoms with Gasteiger partial charge in [0.05, 0.1) is 13.2 Å². The number of hydrogen-bond donors (Lipinski definition) is 1. The summed E-state index contributed by atoms with van der Waals surface area (Å²) in [7, 11) is 0. The van der Waals surface area contributed by atoms with Gasteiger partial charge in [0.25, 0.3) is 0 Å². The molecule has 0 saturated heterocycles. The molecule has 0 spiro atoms. The van der Waals surface area contributed by atoms with Gasteiger partial charge in [-0.1, -0.05) is 26.3 Å². The molecular formula is C27H42NO4V-. The number of hydrogen-bond acceptors (Lipinski definition) is 4. The molecule has 3 aliphatic carbocycles. The summed E-state index contributed by atoms with van der Waals surface area (Å²) in [6, 6.07) is 0. The second kappa shape index (κ2) is 20.8. The molecule has 3 aliphatic rings. The van der Waals surface area contributed by atoms with Crippen molar-refractivity contribution in [1.29, 1.82) is 0 Å². The second-order valence-corrected chi connectivity index (χ2v) is 8.36. The zero-order chi connectivity index (χ0) is 24.4. The van der Waals surface area contributed by atoms with E-state index in [9.17, 15) is 9.59 Å². The number of rotatable bonds is 6. The fraction of sp³-hybridized carbons (Fsp3) is 0.704. The van der Waals surface area contributed by atoms with Gasteiger partial charge in [-0.05, 0) is 83.0 Å². The number of nitrogens with one attached hydrogen (secondary N) is 1. The van der Waals surface area contributed by atoms with Crippen molar-refractivity contribution in [1.82, 2.24) is 5.32 Å². The van der Waals surface area contributed by atoms with E-state index in [0.29, 0.717) is 18.8 Å². The molecule has 1 N–H and O–H groups in total. The first-order valence-electron chi connectivity index (χ1n) is 12.0. The van der Waals surface area contributed by atoms with Crippen molar-refractivity contribution in [3.63, 3.8) is 0 Å². The van der Waals surface area contributed by atoms with Gasteiger partial charge in [-0.3, -0.25) is 11.8 Å². The number of esters is 1. The fourth-order valence-corrected chi connectivity index (χ4v) is 4.82. The van der Waals surface area contributed by atoms with Crippen LogP contribution in [0.2, 0.25) is 0 Å². The fourth-order valence-electron chi connectivity index (χ4n) is 4.82. The van der Waals surface area contributed by atoms with Crippen molar-refractivity contribution in [2.24, 2.45) is 23.7 Å². The number of alkyl carbamates (subject to hydrolysis) is 1. The van der Waals surface area contributed by atoms with Crippen LogP contribution in [0.15, 0.2) is 12.2 Å². The monoisotopic (exact) mass is 495 g/mol. The van der Waals surface area contributed by atoms with Crippen LogP contribution in [0.1, 0.15) is 79.1 Å². The minimum atomic E-state index is -0.312. The summed E-state index contributed by atoms with van der Waals surface area (Å²) in [6.45, 7) is 12.2. The van der Waals surface area contributed by atoms with Crippen LogP contribution in [0.25, 0.3) is 0 Å². The Hall–Kier alpha value is -1.82. The number of carbonyl (C=O) groups excluding carboxylic acids is 2. The van der Waals surface area contributed by atoms with Crippen LogP contribution < -0.4 is 5.32 Å². The Kier molecular flexibility index (Phi) is 21.0. The van der Waals surface area contributed by atoms with E-state index >= 15 is 0 Å². The van der Waals surface area contributed by atoms with Gasteiger partial charge in [0.15, 0.2) is 0 Å². The molecule has 33 heavy (non-hydrogen) atoms. The van der Waals surface area contributed by atoms with Crippen LogP contribution in [0.3, 0.4) is 0 Å². The third kappa shape index (κ3) is 14.1. The van der Waals surface area contributed by atoms with E-state index < -0.39 is 0 Å². The van der Waals surface area contributed by atoms with Gasteiger partial charge in [-0.2, -0.15) is 0 Å². The van der Waals surface area contributed by atoms with Gasteiger partial charge < -0.3 is 21.2 Å². The molecule has 3 fully saturated rings. The van der Waals surface area contributed by atoms with Crippen LogP contribution in [-0.2, 0) is 32.8 Å². The van der Waals surface area contributed by atoms with Crippen molar-refractivity contribution < 1.29 is 37.6 Å². The maximum Gasteiger partial charge on any atom is 0.407 e. The largest absolute Gasteiger partial charge is 0.463 e. The summed E-state index contributed by atoms with van der Waals surface area (Å²) in [5, 5.41) is 2.62. The van der Waals surface area contributed by atoms with E-state index in [1.165, 1.54) is 23.7 Å². The standard InChI is InChI=1S/C10H16.C7H15NO2.C6H10O2.C4H.V/c1-2-9-7-4-5-8(6-7)10(9)3-1;1-3-5-6-8-7(9)10-4-2;1-4-8-6(7)5(2)3;1-3-4-2;/h7-10H,1-6H2;3-6H2,1-2H3,(H,8,9);2,4H2,1,3H3;1H;/q;;;-1;. The van der Waals surface area contributed by atoms with Crippen molar-refractivity contribution >= 4 is 12.1 Å². The van der Waals surface area contributed by atoms with E-state index in [0.717, 1.165) is 19.4 Å². The summed E-state index contributed by atoms with van der Waals surface area (Å²) in [6.07, 6.45) is 21.8. The molecule has 0 aromatic heterocycles. The molecular weight excluding hydrogens is 453 g/mol. The van der Waals surface area contributed by atoms with Crippen LogP contribution in [0, 0.1) is 48.4 Å². The Bertz CT molecular complexity index is 621. The Labute approximate surface area is 214 Å². The predicted octanol–water partition coefficient (Wildman–Crippen LogP) is 5.70. The smallest absolute Gasteiger partial charge is 0.407 e. The summed E-state index contributed by atoms with van der Waals surface area (Å²) in [5.74, 6) is 8.04. The number of carbonyl (C=O) groups is 2. The van der Waals surface area contributed by atoms with Crippen LogP contribution in [0.5, 0.6) is 0 Å². The Morgan fingerprint density at radius 3 is 1.94 bits per heavy atom. The molecule has 1 amide bonds. The van der Waals surface area contributed by atoms with Gasteiger partial charge in [-0.15, -0.1) is 0 Å². The molecule has 0 heterocycles. The van der Waals surface area contributed by atoms with Crippen LogP contribution >= 0.6 is 0 Å². The second-order valence-electron chi connectivity index (χ2n) is 8.36. The van der Waals surface area contributed by atoms with Crippen molar-refractivity contribution in [2.45, 2.75) is 79.1 Å². The molecule has 0 aromatic carbocycles. The molecule has 1 radical (unpaired) electrons. The molecule has 4 atom stereocenters. The van der Waals surface area contributed by atoms with Gasteiger partial charge in [-0.25, -0.2) is 16.0 Å². The Balaban J connectivity index is 0. The first-order chi connectivity index (χ1) is 15.4. The van der Waals surface area contributed by atoms with Crippen LogP contribution in [0.4, 0.5) is 4.79 Å². The number of ether oxygens (including phenoxy) is 2. The molecule has 0 aliphatic heterocycles. The van der Waals surface area contributed by atoms with Gasteiger partial charge >= 0.3 is 12.1 Å². The zero-order valence-corrected chi connectivity index (χ0v) is 22.3. The molecule has 3 saturated carbocycles. The Morgan fingerprint density at radius 1 is 1.06 bits per heavy atom. The first kappa shape index (κ1) is 33.4. The molecule has 0 aromatic rings. The van der Waals surface area contributed by atoms with E-state index in [-0.39, 0.29) is 30.6 Å². The molecule has 2 bridgehead atoms. The van der Waals surface area contributed by atoms with Crippen molar-refractivity contribution in [2.75, 3.05) is 19.8 Å². The third-order valence-electron chi connectivity index (χ3n) is 6.12. The molecule has 4 unspecified atom stereocenters. The topological polar surface area (TPSA) is 64.6 Å². The van der Waals surface area contributed by atoms with E-state index in [1.807, 2.05) is 5.92 Å². The predicted molar refractivity (Wildman–Crippen MR) is 129 cm³/mol. The van der Waals surface area contributed by atoms with E-state index in [1.54, 1.807) is 65.2 Å². The average Bonchev–Trinajstić information content (AvgIpc) is 3.51.